The lowest BCUT2D eigenvalue weighted by Gasteiger charge is -2.05. The van der Waals surface area contributed by atoms with E-state index in [1.54, 1.807) is 0 Å². The van der Waals surface area contributed by atoms with Gasteiger partial charge in [-0.15, -0.1) is 0 Å². The van der Waals surface area contributed by atoms with Crippen LogP contribution in [0, 0.1) is 5.82 Å². The predicted molar refractivity (Wildman–Crippen MR) is 46.6 cm³/mol. The van der Waals surface area contributed by atoms with Crippen molar-refractivity contribution in [2.75, 3.05) is 13.2 Å². The molecule has 2 rings (SSSR count). The van der Waals surface area contributed by atoms with Gasteiger partial charge in [0, 0.05) is 0 Å². The van der Waals surface area contributed by atoms with Crippen molar-refractivity contribution in [3.8, 4) is 5.75 Å². The molecule has 1 atom stereocenters. The van der Waals surface area contributed by atoms with E-state index in [0.29, 0.717) is 17.4 Å². The Morgan fingerprint density at radius 3 is 3.00 bits per heavy atom. The predicted octanol–water partition coefficient (Wildman–Crippen LogP) is 2.26. The summed E-state index contributed by atoms with van der Waals surface area (Å²) in [4.78, 5) is 0. The van der Waals surface area contributed by atoms with E-state index in [4.69, 9.17) is 21.1 Å². The molecule has 70 valence electrons. The Kier molecular flexibility index (Phi) is 2.38. The molecule has 4 heteroatoms. The Bertz CT molecular complexity index is 312. The Morgan fingerprint density at radius 2 is 2.38 bits per heavy atom. The minimum Gasteiger partial charge on any atom is -0.489 e. The van der Waals surface area contributed by atoms with Crippen LogP contribution in [0.15, 0.2) is 18.2 Å². The number of hydrogen-bond acceptors (Lipinski definition) is 2. The van der Waals surface area contributed by atoms with Gasteiger partial charge in [-0.1, -0.05) is 11.6 Å². The Labute approximate surface area is 80.2 Å². The first-order valence-electron chi connectivity index (χ1n) is 3.95. The first-order valence-corrected chi connectivity index (χ1v) is 4.33. The summed E-state index contributed by atoms with van der Waals surface area (Å²) in [6.07, 6.45) is 0.182. The molecule has 0 saturated carbocycles. The lowest BCUT2D eigenvalue weighted by molar-refractivity contribution is 0.263. The van der Waals surface area contributed by atoms with E-state index in [-0.39, 0.29) is 11.9 Å². The molecule has 1 unspecified atom stereocenters. The highest BCUT2D eigenvalue weighted by atomic mass is 35.5. The minimum atomic E-state index is -0.361. The SMILES string of the molecule is Fc1ccc(OCC2CO2)c(Cl)c1. The molecule has 0 bridgehead atoms. The van der Waals surface area contributed by atoms with Crippen molar-refractivity contribution in [1.29, 1.82) is 0 Å². The monoisotopic (exact) mass is 202 g/mol. The Balaban J connectivity index is 2.01. The molecule has 0 aromatic heterocycles. The van der Waals surface area contributed by atoms with Crippen LogP contribution < -0.4 is 4.74 Å². The Morgan fingerprint density at radius 1 is 1.62 bits per heavy atom. The third kappa shape index (κ3) is 2.32. The second kappa shape index (κ2) is 3.52. The van der Waals surface area contributed by atoms with E-state index in [2.05, 4.69) is 0 Å². The highest BCUT2D eigenvalue weighted by Crippen LogP contribution is 2.25. The van der Waals surface area contributed by atoms with Crippen LogP contribution in [-0.4, -0.2) is 19.3 Å². The van der Waals surface area contributed by atoms with Gasteiger partial charge < -0.3 is 9.47 Å². The van der Waals surface area contributed by atoms with Crippen LogP contribution >= 0.6 is 11.6 Å². The van der Waals surface area contributed by atoms with Gasteiger partial charge in [0.25, 0.3) is 0 Å². The third-order valence-electron chi connectivity index (χ3n) is 1.72. The van der Waals surface area contributed by atoms with Gasteiger partial charge >= 0.3 is 0 Å². The van der Waals surface area contributed by atoms with Crippen molar-refractivity contribution < 1.29 is 13.9 Å². The molecule has 1 aliphatic heterocycles. The first kappa shape index (κ1) is 8.78. The summed E-state index contributed by atoms with van der Waals surface area (Å²) in [5.74, 6) is 0.138. The summed E-state index contributed by atoms with van der Waals surface area (Å²) in [7, 11) is 0. The number of epoxide rings is 1. The molecular formula is C9H8ClFO2. The van der Waals surface area contributed by atoms with Crippen LogP contribution in [0.5, 0.6) is 5.75 Å². The van der Waals surface area contributed by atoms with E-state index in [0.717, 1.165) is 6.61 Å². The molecule has 2 nitrogen and oxygen atoms in total. The molecule has 1 aromatic rings. The molecule has 13 heavy (non-hydrogen) atoms. The molecule has 1 aromatic carbocycles. The molecule has 0 aliphatic carbocycles. The van der Waals surface area contributed by atoms with Crippen LogP contribution in [0.4, 0.5) is 4.39 Å². The Hall–Kier alpha value is -0.800. The standard InChI is InChI=1S/C9H8ClFO2/c10-8-3-6(11)1-2-9(8)13-5-7-4-12-7/h1-3,7H,4-5H2. The minimum absolute atomic E-state index is 0.182. The summed E-state index contributed by atoms with van der Waals surface area (Å²) in [5.41, 5.74) is 0. The summed E-state index contributed by atoms with van der Waals surface area (Å²) in [6, 6.07) is 4.06. The molecule has 0 amide bonds. The fraction of sp³-hybridized carbons (Fsp3) is 0.333. The van der Waals surface area contributed by atoms with Crippen molar-refractivity contribution in [2.24, 2.45) is 0 Å². The second-order valence-electron chi connectivity index (χ2n) is 2.84. The number of hydrogen-bond donors (Lipinski definition) is 0. The molecule has 0 radical (unpaired) electrons. The zero-order valence-corrected chi connectivity index (χ0v) is 7.55. The number of benzene rings is 1. The third-order valence-corrected chi connectivity index (χ3v) is 2.02. The van der Waals surface area contributed by atoms with Crippen molar-refractivity contribution in [2.45, 2.75) is 6.10 Å². The zero-order chi connectivity index (χ0) is 9.26. The summed E-state index contributed by atoms with van der Waals surface area (Å²) >= 11 is 5.73. The van der Waals surface area contributed by atoms with Crippen molar-refractivity contribution >= 4 is 11.6 Å². The van der Waals surface area contributed by atoms with Gasteiger partial charge in [0.05, 0.1) is 11.6 Å². The van der Waals surface area contributed by atoms with Gasteiger partial charge in [-0.25, -0.2) is 4.39 Å². The normalized spacial score (nSPS) is 20.0. The summed E-state index contributed by atoms with van der Waals surface area (Å²) < 4.78 is 22.8. The van der Waals surface area contributed by atoms with E-state index >= 15 is 0 Å². The van der Waals surface area contributed by atoms with Crippen LogP contribution in [0.3, 0.4) is 0 Å². The molecule has 1 saturated heterocycles. The van der Waals surface area contributed by atoms with Crippen LogP contribution in [-0.2, 0) is 4.74 Å². The number of halogens is 2. The van der Waals surface area contributed by atoms with Gasteiger partial charge in [0.15, 0.2) is 0 Å². The quantitative estimate of drug-likeness (QED) is 0.702. The lowest BCUT2D eigenvalue weighted by atomic mass is 10.3. The maximum atomic E-state index is 12.6. The topological polar surface area (TPSA) is 21.8 Å². The zero-order valence-electron chi connectivity index (χ0n) is 6.80. The lowest BCUT2D eigenvalue weighted by Crippen LogP contribution is -2.04. The number of rotatable bonds is 3. The average molecular weight is 203 g/mol. The molecule has 0 spiro atoms. The van der Waals surface area contributed by atoms with Gasteiger partial charge in [-0.05, 0) is 18.2 Å². The van der Waals surface area contributed by atoms with Crippen molar-refractivity contribution in [3.05, 3.63) is 29.0 Å². The molecule has 0 N–H and O–H groups in total. The fourth-order valence-corrected chi connectivity index (χ4v) is 1.16. The van der Waals surface area contributed by atoms with Crippen LogP contribution in [0.25, 0.3) is 0 Å². The summed E-state index contributed by atoms with van der Waals surface area (Å²) in [6.45, 7) is 1.21. The van der Waals surface area contributed by atoms with Gasteiger partial charge in [0.2, 0.25) is 0 Å². The number of ether oxygens (including phenoxy) is 2. The van der Waals surface area contributed by atoms with Gasteiger partial charge in [0.1, 0.15) is 24.3 Å². The maximum absolute atomic E-state index is 12.6. The van der Waals surface area contributed by atoms with Crippen LogP contribution in [0.1, 0.15) is 0 Å². The highest BCUT2D eigenvalue weighted by molar-refractivity contribution is 6.32. The average Bonchev–Trinajstić information content (AvgIpc) is 2.86. The van der Waals surface area contributed by atoms with Crippen LogP contribution in [0.2, 0.25) is 5.02 Å². The first-order chi connectivity index (χ1) is 6.25. The second-order valence-corrected chi connectivity index (χ2v) is 3.25. The van der Waals surface area contributed by atoms with E-state index in [9.17, 15) is 4.39 Å². The van der Waals surface area contributed by atoms with E-state index < -0.39 is 0 Å². The van der Waals surface area contributed by atoms with E-state index in [1.807, 2.05) is 0 Å². The fourth-order valence-electron chi connectivity index (χ4n) is 0.939. The molecular weight excluding hydrogens is 195 g/mol. The van der Waals surface area contributed by atoms with Crippen molar-refractivity contribution in [3.63, 3.8) is 0 Å². The largest absolute Gasteiger partial charge is 0.489 e. The maximum Gasteiger partial charge on any atom is 0.138 e. The summed E-state index contributed by atoms with van der Waals surface area (Å²) in [5, 5.41) is 0.292. The van der Waals surface area contributed by atoms with Gasteiger partial charge in [-0.2, -0.15) is 0 Å². The van der Waals surface area contributed by atoms with Gasteiger partial charge in [-0.3, -0.25) is 0 Å². The molecule has 1 fully saturated rings. The molecule has 1 aliphatic rings. The van der Waals surface area contributed by atoms with E-state index in [1.165, 1.54) is 18.2 Å². The highest BCUT2D eigenvalue weighted by Gasteiger charge is 2.23. The molecule has 1 heterocycles. The van der Waals surface area contributed by atoms with Crippen molar-refractivity contribution in [1.82, 2.24) is 0 Å². The smallest absolute Gasteiger partial charge is 0.138 e.